The topological polar surface area (TPSA) is 12.0 Å². The van der Waals surface area contributed by atoms with Crippen molar-refractivity contribution in [1.29, 1.82) is 0 Å². The Balaban J connectivity index is 2.57. The van der Waals surface area contributed by atoms with E-state index in [9.17, 15) is 8.78 Å². The second kappa shape index (κ2) is 9.06. The zero-order valence-electron chi connectivity index (χ0n) is 12.9. The van der Waals surface area contributed by atoms with Gasteiger partial charge in [0.25, 0.3) is 0 Å². The van der Waals surface area contributed by atoms with E-state index >= 15 is 0 Å². The molecule has 1 atom stereocenters. The van der Waals surface area contributed by atoms with Gasteiger partial charge >= 0.3 is 0 Å². The Hall–Kier alpha value is -0.960. The largest absolute Gasteiger partial charge is 0.314 e. The van der Waals surface area contributed by atoms with Crippen LogP contribution in [0.25, 0.3) is 0 Å². The van der Waals surface area contributed by atoms with E-state index in [2.05, 4.69) is 26.1 Å². The molecule has 20 heavy (non-hydrogen) atoms. The molecule has 1 aromatic rings. The van der Waals surface area contributed by atoms with Crippen LogP contribution < -0.4 is 5.32 Å². The third-order valence-electron chi connectivity index (χ3n) is 3.42. The van der Waals surface area contributed by atoms with Gasteiger partial charge in [-0.15, -0.1) is 0 Å². The third kappa shape index (κ3) is 6.99. The molecule has 0 amide bonds. The van der Waals surface area contributed by atoms with E-state index in [4.69, 9.17) is 0 Å². The fraction of sp³-hybridized carbons (Fsp3) is 0.647. The van der Waals surface area contributed by atoms with Crippen LogP contribution in [-0.2, 0) is 6.42 Å². The first kappa shape index (κ1) is 17.1. The first-order valence-corrected chi connectivity index (χ1v) is 7.69. The van der Waals surface area contributed by atoms with Gasteiger partial charge in [0.1, 0.15) is 11.6 Å². The minimum atomic E-state index is -0.489. The lowest BCUT2D eigenvalue weighted by atomic mass is 9.98. The van der Waals surface area contributed by atoms with Crippen molar-refractivity contribution in [2.75, 3.05) is 6.54 Å². The number of hydrogen-bond acceptors (Lipinski definition) is 1. The predicted molar refractivity (Wildman–Crippen MR) is 80.8 cm³/mol. The van der Waals surface area contributed by atoms with Gasteiger partial charge in [0.05, 0.1) is 0 Å². The van der Waals surface area contributed by atoms with E-state index in [-0.39, 0.29) is 0 Å². The first-order chi connectivity index (χ1) is 9.51. The van der Waals surface area contributed by atoms with Gasteiger partial charge in [0.2, 0.25) is 0 Å². The van der Waals surface area contributed by atoms with E-state index in [1.165, 1.54) is 18.6 Å². The third-order valence-corrected chi connectivity index (χ3v) is 3.42. The molecule has 114 valence electrons. The smallest absolute Gasteiger partial charge is 0.126 e. The molecule has 3 heteroatoms. The summed E-state index contributed by atoms with van der Waals surface area (Å²) in [5.41, 5.74) is 0.737. The van der Waals surface area contributed by atoms with E-state index in [1.54, 1.807) is 0 Å². The minimum Gasteiger partial charge on any atom is -0.314 e. The van der Waals surface area contributed by atoms with Crippen LogP contribution in [-0.4, -0.2) is 12.6 Å². The molecule has 0 saturated heterocycles. The van der Waals surface area contributed by atoms with Crippen LogP contribution in [0, 0.1) is 17.6 Å². The number of hydrogen-bond donors (Lipinski definition) is 1. The van der Waals surface area contributed by atoms with Crippen LogP contribution in [0.15, 0.2) is 18.2 Å². The maximum absolute atomic E-state index is 13.2. The van der Waals surface area contributed by atoms with E-state index in [1.807, 2.05) is 0 Å². The molecular weight excluding hydrogens is 256 g/mol. The Morgan fingerprint density at radius 1 is 1.05 bits per heavy atom. The molecule has 1 nitrogen and oxygen atoms in total. The standard InChI is InChI=1S/C17H27F2N/c1-4-8-20-17(7-5-6-13(2)3)11-14-9-15(18)12-16(19)10-14/h9-10,12-13,17,20H,4-8,11H2,1-3H3. The van der Waals surface area contributed by atoms with Crippen molar-refractivity contribution in [3.63, 3.8) is 0 Å². The zero-order chi connectivity index (χ0) is 15.0. The van der Waals surface area contributed by atoms with Gasteiger partial charge in [-0.05, 0) is 49.4 Å². The molecule has 1 aromatic carbocycles. The summed E-state index contributed by atoms with van der Waals surface area (Å²) in [6.45, 7) is 7.51. The highest BCUT2D eigenvalue weighted by Gasteiger charge is 2.11. The normalized spacial score (nSPS) is 12.9. The fourth-order valence-corrected chi connectivity index (χ4v) is 2.41. The Morgan fingerprint density at radius 2 is 1.70 bits per heavy atom. The maximum Gasteiger partial charge on any atom is 0.126 e. The van der Waals surface area contributed by atoms with Crippen molar-refractivity contribution in [3.8, 4) is 0 Å². The molecule has 0 aliphatic carbocycles. The van der Waals surface area contributed by atoms with Crippen molar-refractivity contribution in [3.05, 3.63) is 35.4 Å². The number of halogens is 2. The SMILES string of the molecule is CCCNC(CCCC(C)C)Cc1cc(F)cc(F)c1. The molecule has 0 saturated carbocycles. The molecule has 1 unspecified atom stereocenters. The van der Waals surface area contributed by atoms with Crippen molar-refractivity contribution in [2.24, 2.45) is 5.92 Å². The molecule has 0 fully saturated rings. The van der Waals surface area contributed by atoms with Crippen molar-refractivity contribution < 1.29 is 8.78 Å². The Morgan fingerprint density at radius 3 is 2.25 bits per heavy atom. The van der Waals surface area contributed by atoms with E-state index in [0.29, 0.717) is 18.4 Å². The second-order valence-electron chi connectivity index (χ2n) is 5.96. The highest BCUT2D eigenvalue weighted by molar-refractivity contribution is 5.19. The Labute approximate surface area is 121 Å². The van der Waals surface area contributed by atoms with Gasteiger partial charge in [-0.1, -0.05) is 33.6 Å². The van der Waals surface area contributed by atoms with Gasteiger partial charge in [-0.2, -0.15) is 0 Å². The summed E-state index contributed by atoms with van der Waals surface area (Å²) in [7, 11) is 0. The van der Waals surface area contributed by atoms with Gasteiger partial charge in [0.15, 0.2) is 0 Å². The van der Waals surface area contributed by atoms with Crippen LogP contribution in [0.1, 0.15) is 52.0 Å². The Bertz CT molecular complexity index is 370. The lowest BCUT2D eigenvalue weighted by Crippen LogP contribution is -2.32. The van der Waals surface area contributed by atoms with Crippen LogP contribution in [0.5, 0.6) is 0 Å². The molecule has 0 aliphatic rings. The monoisotopic (exact) mass is 283 g/mol. The predicted octanol–water partition coefficient (Wildman–Crippen LogP) is 4.70. The lowest BCUT2D eigenvalue weighted by molar-refractivity contribution is 0.433. The highest BCUT2D eigenvalue weighted by atomic mass is 19.1. The van der Waals surface area contributed by atoms with Gasteiger partial charge in [0, 0.05) is 12.1 Å². The van der Waals surface area contributed by atoms with Gasteiger partial charge in [-0.25, -0.2) is 8.78 Å². The average molecular weight is 283 g/mol. The first-order valence-electron chi connectivity index (χ1n) is 7.69. The fourth-order valence-electron chi connectivity index (χ4n) is 2.41. The Kier molecular flexibility index (Phi) is 7.75. The summed E-state index contributed by atoms with van der Waals surface area (Å²) < 4.78 is 26.5. The summed E-state index contributed by atoms with van der Waals surface area (Å²) in [5.74, 6) is -0.277. The molecule has 0 aromatic heterocycles. The summed E-state index contributed by atoms with van der Waals surface area (Å²) in [6.07, 6.45) is 5.15. The van der Waals surface area contributed by atoms with Crippen molar-refractivity contribution >= 4 is 0 Å². The molecule has 1 rings (SSSR count). The lowest BCUT2D eigenvalue weighted by Gasteiger charge is -2.19. The van der Waals surface area contributed by atoms with Crippen LogP contribution >= 0.6 is 0 Å². The van der Waals surface area contributed by atoms with Crippen molar-refractivity contribution in [2.45, 2.75) is 58.9 Å². The van der Waals surface area contributed by atoms with Gasteiger partial charge in [-0.3, -0.25) is 0 Å². The number of benzene rings is 1. The molecule has 1 N–H and O–H groups in total. The summed E-state index contributed by atoms with van der Waals surface area (Å²) in [4.78, 5) is 0. The average Bonchev–Trinajstić information content (AvgIpc) is 2.34. The zero-order valence-corrected chi connectivity index (χ0v) is 12.9. The molecule has 0 spiro atoms. The summed E-state index contributed by atoms with van der Waals surface area (Å²) >= 11 is 0. The van der Waals surface area contributed by atoms with Gasteiger partial charge < -0.3 is 5.32 Å². The molecular formula is C17H27F2N. The molecule has 0 bridgehead atoms. The van der Waals surface area contributed by atoms with Crippen molar-refractivity contribution in [1.82, 2.24) is 5.32 Å². The maximum atomic E-state index is 13.2. The van der Waals surface area contributed by atoms with Crippen LogP contribution in [0.2, 0.25) is 0 Å². The molecule has 0 aliphatic heterocycles. The van der Waals surface area contributed by atoms with Crippen LogP contribution in [0.3, 0.4) is 0 Å². The summed E-state index contributed by atoms with van der Waals surface area (Å²) in [6, 6.07) is 4.10. The summed E-state index contributed by atoms with van der Waals surface area (Å²) in [5, 5.41) is 3.49. The molecule has 0 heterocycles. The van der Waals surface area contributed by atoms with E-state index in [0.717, 1.165) is 37.4 Å². The quantitative estimate of drug-likeness (QED) is 0.692. The molecule has 0 radical (unpaired) electrons. The number of rotatable bonds is 9. The second-order valence-corrected chi connectivity index (χ2v) is 5.96. The van der Waals surface area contributed by atoms with E-state index < -0.39 is 11.6 Å². The highest BCUT2D eigenvalue weighted by Crippen LogP contribution is 2.14. The minimum absolute atomic E-state index is 0.301. The number of nitrogens with one attached hydrogen (secondary N) is 1. The van der Waals surface area contributed by atoms with Crippen LogP contribution in [0.4, 0.5) is 8.78 Å².